The van der Waals surface area contributed by atoms with Gasteiger partial charge in [0.2, 0.25) is 0 Å². The zero-order valence-electron chi connectivity index (χ0n) is 21.8. The Balaban J connectivity index is 1.49. The van der Waals surface area contributed by atoms with Gasteiger partial charge in [-0.05, 0) is 56.6 Å². The van der Waals surface area contributed by atoms with Crippen molar-refractivity contribution in [3.63, 3.8) is 0 Å². The van der Waals surface area contributed by atoms with Crippen LogP contribution >= 0.6 is 0 Å². The molecule has 3 heterocycles. The lowest BCUT2D eigenvalue weighted by Crippen LogP contribution is -2.40. The van der Waals surface area contributed by atoms with Crippen LogP contribution in [-0.4, -0.2) is 71.6 Å². The monoisotopic (exact) mass is 501 g/mol. The molecule has 4 aromatic rings. The summed E-state index contributed by atoms with van der Waals surface area (Å²) in [7, 11) is 5.25. The highest BCUT2D eigenvalue weighted by Gasteiger charge is 2.20. The van der Waals surface area contributed by atoms with Crippen molar-refractivity contribution in [1.82, 2.24) is 24.6 Å². The van der Waals surface area contributed by atoms with Gasteiger partial charge in [0.1, 0.15) is 11.5 Å². The zero-order valence-corrected chi connectivity index (χ0v) is 21.8. The number of nitrogens with zero attached hydrogens (tertiary/aromatic N) is 6. The number of rotatable bonds is 9. The lowest BCUT2D eigenvalue weighted by Gasteiger charge is -2.34. The van der Waals surface area contributed by atoms with Gasteiger partial charge in [-0.1, -0.05) is 0 Å². The average Bonchev–Trinajstić information content (AvgIpc) is 3.39. The summed E-state index contributed by atoms with van der Waals surface area (Å²) in [4.78, 5) is 14.4. The Labute approximate surface area is 217 Å². The molecule has 2 aromatic heterocycles. The minimum absolute atomic E-state index is 0.642. The number of likely N-dealkylation sites (tertiary alicyclic amines) is 1. The summed E-state index contributed by atoms with van der Waals surface area (Å²) in [5.74, 6) is 2.15. The van der Waals surface area contributed by atoms with Crippen LogP contribution in [0.15, 0.2) is 55.0 Å². The number of aryl methyl sites for hydroxylation is 1. The molecule has 1 saturated heterocycles. The number of hydrogen-bond acceptors (Lipinski definition) is 8. The van der Waals surface area contributed by atoms with Crippen LogP contribution in [0, 0.1) is 5.92 Å². The fourth-order valence-corrected chi connectivity index (χ4v) is 4.90. The number of methoxy groups -OCH3 is 2. The molecule has 2 aromatic carbocycles. The van der Waals surface area contributed by atoms with Gasteiger partial charge in [0.25, 0.3) is 0 Å². The first-order valence-corrected chi connectivity index (χ1v) is 12.7. The molecule has 37 heavy (non-hydrogen) atoms. The first kappa shape index (κ1) is 25.0. The number of piperidine rings is 1. The molecule has 0 amide bonds. The highest BCUT2D eigenvalue weighted by molar-refractivity contribution is 5.82. The van der Waals surface area contributed by atoms with E-state index in [-0.39, 0.29) is 0 Å². The van der Waals surface area contributed by atoms with Crippen molar-refractivity contribution in [3.05, 3.63) is 55.0 Å². The number of aromatic nitrogens is 4. The standard InChI is InChI=1S/C28H35N7O2/c1-33-19-21(17-31-33)28-18-30-26-5-4-22(14-27(26)32-28)35(11-10-34-8-6-20(16-29)7-9-34)23-12-24(36-2)15-25(13-23)37-3/h4-5,12-15,17-20H,6-11,16,29H2,1-3H3. The summed E-state index contributed by atoms with van der Waals surface area (Å²) in [5, 5.41) is 4.28. The van der Waals surface area contributed by atoms with Gasteiger partial charge in [0.05, 0.1) is 43.3 Å². The first-order chi connectivity index (χ1) is 18.1. The smallest absolute Gasteiger partial charge is 0.124 e. The lowest BCUT2D eigenvalue weighted by atomic mass is 9.97. The van der Waals surface area contributed by atoms with Crippen molar-refractivity contribution in [3.8, 4) is 22.8 Å². The van der Waals surface area contributed by atoms with Gasteiger partial charge in [0, 0.05) is 61.5 Å². The Hall–Kier alpha value is -3.69. The fraction of sp³-hybridized carbons (Fsp3) is 0.393. The van der Waals surface area contributed by atoms with Gasteiger partial charge in [-0.25, -0.2) is 4.98 Å². The first-order valence-electron chi connectivity index (χ1n) is 12.7. The molecule has 1 aliphatic rings. The van der Waals surface area contributed by atoms with Crippen molar-refractivity contribution >= 4 is 22.4 Å². The average molecular weight is 502 g/mol. The minimum Gasteiger partial charge on any atom is -0.497 e. The quantitative estimate of drug-likeness (QED) is 0.370. The van der Waals surface area contributed by atoms with Crippen molar-refractivity contribution < 1.29 is 9.47 Å². The van der Waals surface area contributed by atoms with Crippen LogP contribution in [0.1, 0.15) is 12.8 Å². The molecule has 0 atom stereocenters. The van der Waals surface area contributed by atoms with Crippen molar-refractivity contribution in [2.75, 3.05) is 51.8 Å². The Morgan fingerprint density at radius 2 is 1.73 bits per heavy atom. The molecule has 194 valence electrons. The van der Waals surface area contributed by atoms with Crippen LogP contribution in [0.3, 0.4) is 0 Å². The molecule has 0 unspecified atom stereocenters. The van der Waals surface area contributed by atoms with Crippen molar-refractivity contribution in [2.45, 2.75) is 12.8 Å². The molecule has 9 heteroatoms. The van der Waals surface area contributed by atoms with E-state index < -0.39 is 0 Å². The topological polar surface area (TPSA) is 94.6 Å². The largest absolute Gasteiger partial charge is 0.497 e. The summed E-state index contributed by atoms with van der Waals surface area (Å²) in [6.45, 7) is 4.69. The van der Waals surface area contributed by atoms with Gasteiger partial charge in [0.15, 0.2) is 0 Å². The Morgan fingerprint density at radius 1 is 0.973 bits per heavy atom. The van der Waals surface area contributed by atoms with Crippen molar-refractivity contribution in [1.29, 1.82) is 0 Å². The molecular formula is C28H35N7O2. The lowest BCUT2D eigenvalue weighted by molar-refractivity contribution is 0.192. The third-order valence-electron chi connectivity index (χ3n) is 7.17. The normalized spacial score (nSPS) is 14.7. The molecule has 0 spiro atoms. The summed E-state index contributed by atoms with van der Waals surface area (Å²) < 4.78 is 12.9. The van der Waals surface area contributed by atoms with Gasteiger partial charge >= 0.3 is 0 Å². The number of hydrogen-bond donors (Lipinski definition) is 1. The molecule has 1 fully saturated rings. The summed E-state index contributed by atoms with van der Waals surface area (Å²) in [6, 6.07) is 12.2. The minimum atomic E-state index is 0.642. The van der Waals surface area contributed by atoms with Crippen LogP contribution in [0.2, 0.25) is 0 Å². The van der Waals surface area contributed by atoms with E-state index >= 15 is 0 Å². The Bertz CT molecular complexity index is 1330. The predicted molar refractivity (Wildman–Crippen MR) is 147 cm³/mol. The number of anilines is 2. The second-order valence-electron chi connectivity index (χ2n) is 9.57. The van der Waals surface area contributed by atoms with Crippen LogP contribution in [0.4, 0.5) is 11.4 Å². The number of ether oxygens (including phenoxy) is 2. The number of fused-ring (bicyclic) bond motifs is 1. The van der Waals surface area contributed by atoms with E-state index in [1.54, 1.807) is 25.1 Å². The molecule has 5 rings (SSSR count). The van der Waals surface area contributed by atoms with E-state index in [0.29, 0.717) is 5.92 Å². The maximum absolute atomic E-state index is 5.91. The van der Waals surface area contributed by atoms with Gasteiger partial charge in [-0.15, -0.1) is 0 Å². The maximum Gasteiger partial charge on any atom is 0.124 e. The molecular weight excluding hydrogens is 466 g/mol. The maximum atomic E-state index is 5.91. The van der Waals surface area contributed by atoms with Crippen LogP contribution in [0.25, 0.3) is 22.3 Å². The third kappa shape index (κ3) is 5.68. The highest BCUT2D eigenvalue weighted by atomic mass is 16.5. The molecule has 0 bridgehead atoms. The van der Waals surface area contributed by atoms with Gasteiger partial charge < -0.3 is 25.0 Å². The molecule has 9 nitrogen and oxygen atoms in total. The van der Waals surface area contributed by atoms with Crippen LogP contribution in [0.5, 0.6) is 11.5 Å². The number of benzene rings is 2. The van der Waals surface area contributed by atoms with E-state index in [9.17, 15) is 0 Å². The summed E-state index contributed by atoms with van der Waals surface area (Å²) in [6.07, 6.45) is 7.87. The van der Waals surface area contributed by atoms with E-state index in [1.165, 1.54) is 0 Å². The fourth-order valence-electron chi connectivity index (χ4n) is 4.90. The Kier molecular flexibility index (Phi) is 7.52. The van der Waals surface area contributed by atoms with E-state index in [2.05, 4.69) is 32.0 Å². The molecule has 1 aliphatic heterocycles. The molecule has 2 N–H and O–H groups in total. The van der Waals surface area contributed by atoms with Gasteiger partial charge in [-0.3, -0.25) is 9.67 Å². The second kappa shape index (κ2) is 11.1. The predicted octanol–water partition coefficient (Wildman–Crippen LogP) is 3.86. The van der Waals surface area contributed by atoms with Crippen molar-refractivity contribution in [2.24, 2.45) is 18.7 Å². The Morgan fingerprint density at radius 3 is 2.38 bits per heavy atom. The van der Waals surface area contributed by atoms with E-state index in [0.717, 1.165) is 90.7 Å². The van der Waals surface area contributed by atoms with Crippen LogP contribution in [-0.2, 0) is 7.05 Å². The molecule has 0 aliphatic carbocycles. The summed E-state index contributed by atoms with van der Waals surface area (Å²) >= 11 is 0. The third-order valence-corrected chi connectivity index (χ3v) is 7.17. The number of nitrogens with two attached hydrogens (primary N) is 1. The summed E-state index contributed by atoms with van der Waals surface area (Å²) in [5.41, 5.74) is 11.4. The van der Waals surface area contributed by atoms with Gasteiger partial charge in [-0.2, -0.15) is 5.10 Å². The van der Waals surface area contributed by atoms with E-state index in [1.807, 2.05) is 43.7 Å². The second-order valence-corrected chi connectivity index (χ2v) is 9.57. The molecule has 0 saturated carbocycles. The SMILES string of the molecule is COc1cc(OC)cc(N(CCN2CCC(CN)CC2)c2ccc3ncc(-c4cnn(C)c4)nc3c2)c1. The van der Waals surface area contributed by atoms with Crippen LogP contribution < -0.4 is 20.1 Å². The van der Waals surface area contributed by atoms with E-state index in [4.69, 9.17) is 20.2 Å². The molecule has 0 radical (unpaired) electrons. The highest BCUT2D eigenvalue weighted by Crippen LogP contribution is 2.34. The zero-order chi connectivity index (χ0) is 25.8.